The zero-order valence-electron chi connectivity index (χ0n) is 13.9. The number of hydrogen-bond donors (Lipinski definition) is 4. The molecule has 0 saturated carbocycles. The first kappa shape index (κ1) is 17.7. The van der Waals surface area contributed by atoms with Crippen LogP contribution in [-0.2, 0) is 6.42 Å². The smallest absolute Gasteiger partial charge is 0.191 e. The number of anilines is 1. The molecule has 4 N–H and O–H groups in total. The molecule has 0 heterocycles. The number of hydrazone groups is 1. The van der Waals surface area contributed by atoms with E-state index >= 15 is 0 Å². The highest BCUT2D eigenvalue weighted by atomic mass is 32.1. The van der Waals surface area contributed by atoms with E-state index in [-0.39, 0.29) is 11.5 Å². The number of hydrogen-bond acceptors (Lipinski definition) is 4. The van der Waals surface area contributed by atoms with Gasteiger partial charge in [-0.2, -0.15) is 5.10 Å². The van der Waals surface area contributed by atoms with Crippen molar-refractivity contribution >= 4 is 28.7 Å². The van der Waals surface area contributed by atoms with E-state index in [1.807, 2.05) is 19.1 Å². The van der Waals surface area contributed by atoms with Crippen LogP contribution < -0.4 is 10.7 Å². The van der Waals surface area contributed by atoms with Crippen LogP contribution in [0.15, 0.2) is 41.5 Å². The first-order chi connectivity index (χ1) is 11.4. The number of benzene rings is 2. The summed E-state index contributed by atoms with van der Waals surface area (Å²) in [5, 5.41) is 26.9. The highest BCUT2D eigenvalue weighted by Gasteiger charge is 2.08. The topological polar surface area (TPSA) is 76.9 Å². The van der Waals surface area contributed by atoms with Gasteiger partial charge in [0.1, 0.15) is 11.5 Å². The van der Waals surface area contributed by atoms with Gasteiger partial charge in [-0.05, 0) is 55.7 Å². The Hall–Kier alpha value is -2.60. The summed E-state index contributed by atoms with van der Waals surface area (Å²) in [4.78, 5) is 0. The Morgan fingerprint density at radius 1 is 1.21 bits per heavy atom. The Balaban J connectivity index is 2.10. The fraction of sp³-hybridized carbons (Fsp3) is 0.222. The summed E-state index contributed by atoms with van der Waals surface area (Å²) in [6.07, 6.45) is 0.899. The molecule has 0 amide bonds. The van der Waals surface area contributed by atoms with Gasteiger partial charge < -0.3 is 15.5 Å². The molecule has 0 aliphatic carbocycles. The van der Waals surface area contributed by atoms with E-state index in [0.29, 0.717) is 16.4 Å². The van der Waals surface area contributed by atoms with Crippen molar-refractivity contribution in [2.75, 3.05) is 5.32 Å². The number of nitrogens with one attached hydrogen (secondary N) is 2. The molecule has 0 atom stereocenters. The SMILES string of the molecule is CCc1cccc(C)c1NC(=S)N/N=C(\C)c1ccc(O)cc1O. The van der Waals surface area contributed by atoms with Crippen molar-refractivity contribution in [1.29, 1.82) is 0 Å². The van der Waals surface area contributed by atoms with Crippen LogP contribution in [0, 0.1) is 6.92 Å². The van der Waals surface area contributed by atoms with Crippen molar-refractivity contribution in [3.63, 3.8) is 0 Å². The summed E-state index contributed by atoms with van der Waals surface area (Å²) < 4.78 is 0. The highest BCUT2D eigenvalue weighted by Crippen LogP contribution is 2.23. The van der Waals surface area contributed by atoms with Gasteiger partial charge in [0.15, 0.2) is 5.11 Å². The second-order valence-corrected chi connectivity index (χ2v) is 5.84. The fourth-order valence-corrected chi connectivity index (χ4v) is 2.51. The fourth-order valence-electron chi connectivity index (χ4n) is 2.36. The second-order valence-electron chi connectivity index (χ2n) is 5.43. The van der Waals surface area contributed by atoms with E-state index in [9.17, 15) is 10.2 Å². The van der Waals surface area contributed by atoms with E-state index in [1.54, 1.807) is 13.0 Å². The lowest BCUT2D eigenvalue weighted by atomic mass is 10.1. The van der Waals surface area contributed by atoms with E-state index in [2.05, 4.69) is 28.8 Å². The van der Waals surface area contributed by atoms with Gasteiger partial charge in [0.05, 0.1) is 5.71 Å². The molecule has 0 saturated heterocycles. The first-order valence-corrected chi connectivity index (χ1v) is 8.05. The third-order valence-electron chi connectivity index (χ3n) is 3.67. The highest BCUT2D eigenvalue weighted by molar-refractivity contribution is 7.80. The molecule has 0 fully saturated rings. The van der Waals surface area contributed by atoms with Gasteiger partial charge in [-0.15, -0.1) is 0 Å². The minimum absolute atomic E-state index is 0.000782. The van der Waals surface area contributed by atoms with E-state index in [1.165, 1.54) is 17.7 Å². The summed E-state index contributed by atoms with van der Waals surface area (Å²) >= 11 is 5.29. The van der Waals surface area contributed by atoms with Gasteiger partial charge >= 0.3 is 0 Å². The Bertz CT molecular complexity index is 788. The van der Waals surface area contributed by atoms with Crippen molar-refractivity contribution in [2.24, 2.45) is 5.10 Å². The van der Waals surface area contributed by atoms with Crippen molar-refractivity contribution < 1.29 is 10.2 Å². The molecule has 0 aromatic heterocycles. The zero-order valence-corrected chi connectivity index (χ0v) is 14.7. The molecule has 0 aliphatic heterocycles. The van der Waals surface area contributed by atoms with Gasteiger partial charge in [-0.1, -0.05) is 25.1 Å². The molecule has 6 heteroatoms. The van der Waals surface area contributed by atoms with Crippen LogP contribution in [0.2, 0.25) is 0 Å². The Morgan fingerprint density at radius 3 is 2.62 bits per heavy atom. The van der Waals surface area contributed by atoms with Gasteiger partial charge in [0, 0.05) is 17.3 Å². The van der Waals surface area contributed by atoms with E-state index in [4.69, 9.17) is 12.2 Å². The third kappa shape index (κ3) is 4.23. The maximum Gasteiger partial charge on any atom is 0.191 e. The number of phenolic OH excluding ortho intramolecular Hbond substituents is 2. The maximum absolute atomic E-state index is 9.85. The number of para-hydroxylation sites is 1. The normalized spacial score (nSPS) is 11.2. The first-order valence-electron chi connectivity index (χ1n) is 7.64. The van der Waals surface area contributed by atoms with E-state index < -0.39 is 0 Å². The molecule has 0 aliphatic rings. The van der Waals surface area contributed by atoms with Crippen LogP contribution in [0.1, 0.15) is 30.5 Å². The second kappa shape index (κ2) is 7.79. The van der Waals surface area contributed by atoms with Crippen LogP contribution in [0.4, 0.5) is 5.69 Å². The van der Waals surface area contributed by atoms with Crippen LogP contribution in [-0.4, -0.2) is 21.0 Å². The molecule has 5 nitrogen and oxygen atoms in total. The van der Waals surface area contributed by atoms with Gasteiger partial charge in [0.2, 0.25) is 0 Å². The molecule has 2 aromatic carbocycles. The number of rotatable bonds is 4. The van der Waals surface area contributed by atoms with Gasteiger partial charge in [-0.3, -0.25) is 5.43 Å². The molecule has 0 spiro atoms. The van der Waals surface area contributed by atoms with Crippen molar-refractivity contribution in [2.45, 2.75) is 27.2 Å². The van der Waals surface area contributed by atoms with Crippen molar-refractivity contribution in [1.82, 2.24) is 5.43 Å². The predicted molar refractivity (Wildman–Crippen MR) is 102 cm³/mol. The van der Waals surface area contributed by atoms with Crippen LogP contribution >= 0.6 is 12.2 Å². The van der Waals surface area contributed by atoms with Crippen molar-refractivity contribution in [3.05, 3.63) is 53.1 Å². The average molecular weight is 343 g/mol. The number of thiocarbonyl (C=S) groups is 1. The summed E-state index contributed by atoms with van der Waals surface area (Å²) in [5.41, 5.74) is 7.13. The monoisotopic (exact) mass is 343 g/mol. The molecule has 2 aromatic rings. The lowest BCUT2D eigenvalue weighted by Crippen LogP contribution is -2.26. The maximum atomic E-state index is 9.85. The minimum atomic E-state index is -0.0379. The lowest BCUT2D eigenvalue weighted by Gasteiger charge is -2.14. The summed E-state index contributed by atoms with van der Waals surface area (Å²) in [7, 11) is 0. The largest absolute Gasteiger partial charge is 0.508 e. The number of aryl methyl sites for hydroxylation is 2. The van der Waals surface area contributed by atoms with E-state index in [0.717, 1.165) is 17.7 Å². The number of phenols is 2. The molecule has 2 rings (SSSR count). The standard InChI is InChI=1S/C18H21N3O2S/c1-4-13-7-5-6-11(2)17(13)19-18(24)21-20-12(3)15-9-8-14(22)10-16(15)23/h5-10,22-23H,4H2,1-3H3,(H2,19,21,24)/b20-12+. The van der Waals surface area contributed by atoms with Gasteiger partial charge in [0.25, 0.3) is 0 Å². The third-order valence-corrected chi connectivity index (χ3v) is 3.87. The Morgan fingerprint density at radius 2 is 1.96 bits per heavy atom. The number of aromatic hydroxyl groups is 2. The summed E-state index contributed by atoms with van der Waals surface area (Å²) in [6.45, 7) is 5.85. The molecule has 0 unspecified atom stereocenters. The molecule has 126 valence electrons. The average Bonchev–Trinajstić information content (AvgIpc) is 2.54. The minimum Gasteiger partial charge on any atom is -0.508 e. The van der Waals surface area contributed by atoms with Crippen LogP contribution in [0.3, 0.4) is 0 Å². The van der Waals surface area contributed by atoms with Gasteiger partial charge in [-0.25, -0.2) is 0 Å². The van der Waals surface area contributed by atoms with Crippen LogP contribution in [0.25, 0.3) is 0 Å². The van der Waals surface area contributed by atoms with Crippen molar-refractivity contribution in [3.8, 4) is 11.5 Å². The number of nitrogens with zero attached hydrogens (tertiary/aromatic N) is 1. The zero-order chi connectivity index (χ0) is 17.7. The summed E-state index contributed by atoms with van der Waals surface area (Å²) in [6, 6.07) is 10.5. The molecule has 0 radical (unpaired) electrons. The lowest BCUT2D eigenvalue weighted by molar-refractivity contribution is 0.450. The molecule has 24 heavy (non-hydrogen) atoms. The molecule has 0 bridgehead atoms. The predicted octanol–water partition coefficient (Wildman–Crippen LogP) is 3.68. The quantitative estimate of drug-likeness (QED) is 0.387. The Labute approximate surface area is 147 Å². The molecular weight excluding hydrogens is 322 g/mol. The summed E-state index contributed by atoms with van der Waals surface area (Å²) in [5.74, 6) is -0.0371. The molecular formula is C18H21N3O2S. The Kier molecular flexibility index (Phi) is 5.76. The van der Waals surface area contributed by atoms with Crippen LogP contribution in [0.5, 0.6) is 11.5 Å².